The fraction of sp³-hybridized carbons (Fsp3) is 0.294. The minimum Gasteiger partial charge on any atom is -0.457 e. The van der Waals surface area contributed by atoms with Gasteiger partial charge >= 0.3 is 0 Å². The average Bonchev–Trinajstić information content (AvgIpc) is 2.41. The first-order chi connectivity index (χ1) is 9.54. The molecule has 0 aromatic heterocycles. The summed E-state index contributed by atoms with van der Waals surface area (Å²) in [6.45, 7) is 7.14. The lowest BCUT2D eigenvalue weighted by molar-refractivity contribution is 0.469. The molecule has 0 radical (unpaired) electrons. The van der Waals surface area contributed by atoms with Crippen LogP contribution in [0.3, 0.4) is 0 Å². The van der Waals surface area contributed by atoms with Crippen molar-refractivity contribution in [1.29, 1.82) is 0 Å². The zero-order valence-electron chi connectivity index (χ0n) is 12.1. The number of nitrogens with one attached hydrogen (secondary N) is 1. The minimum atomic E-state index is 0.446. The lowest BCUT2D eigenvalue weighted by Crippen LogP contribution is -2.22. The molecule has 0 heterocycles. The van der Waals surface area contributed by atoms with Gasteiger partial charge in [0, 0.05) is 22.6 Å². The molecule has 0 spiro atoms. The number of ether oxygens (including phenoxy) is 1. The van der Waals surface area contributed by atoms with Gasteiger partial charge in [0.1, 0.15) is 11.5 Å². The molecule has 0 aliphatic carbocycles. The Bertz CT molecular complexity index is 564. The fourth-order valence-corrected chi connectivity index (χ4v) is 2.24. The van der Waals surface area contributed by atoms with Gasteiger partial charge in [0.25, 0.3) is 0 Å². The van der Waals surface area contributed by atoms with Crippen molar-refractivity contribution in [1.82, 2.24) is 5.32 Å². The van der Waals surface area contributed by atoms with Crippen LogP contribution in [0.2, 0.25) is 0 Å². The van der Waals surface area contributed by atoms with E-state index in [2.05, 4.69) is 60.2 Å². The van der Waals surface area contributed by atoms with Crippen LogP contribution in [0.5, 0.6) is 11.5 Å². The molecule has 106 valence electrons. The van der Waals surface area contributed by atoms with Gasteiger partial charge in [0.15, 0.2) is 0 Å². The third-order valence-corrected chi connectivity index (χ3v) is 3.47. The van der Waals surface area contributed by atoms with Gasteiger partial charge in [-0.3, -0.25) is 0 Å². The van der Waals surface area contributed by atoms with E-state index in [9.17, 15) is 0 Å². The third-order valence-electron chi connectivity index (χ3n) is 2.97. The molecule has 0 fully saturated rings. The van der Waals surface area contributed by atoms with Crippen LogP contribution in [0, 0.1) is 6.92 Å². The molecule has 2 aromatic rings. The highest BCUT2D eigenvalue weighted by Gasteiger charge is 2.07. The average molecular weight is 334 g/mol. The summed E-state index contributed by atoms with van der Waals surface area (Å²) < 4.78 is 7.06. The van der Waals surface area contributed by atoms with Gasteiger partial charge in [-0.05, 0) is 37.3 Å². The Morgan fingerprint density at radius 2 is 1.80 bits per heavy atom. The summed E-state index contributed by atoms with van der Waals surface area (Å²) in [5, 5.41) is 3.42. The van der Waals surface area contributed by atoms with Gasteiger partial charge in [0.2, 0.25) is 0 Å². The van der Waals surface area contributed by atoms with Crippen molar-refractivity contribution < 1.29 is 4.74 Å². The van der Waals surface area contributed by atoms with Crippen molar-refractivity contribution >= 4 is 15.9 Å². The van der Waals surface area contributed by atoms with Gasteiger partial charge in [-0.25, -0.2) is 0 Å². The Hall–Kier alpha value is -1.32. The summed E-state index contributed by atoms with van der Waals surface area (Å²) in [7, 11) is 0. The van der Waals surface area contributed by atoms with Crippen molar-refractivity contribution in [3.05, 3.63) is 58.1 Å². The molecule has 0 amide bonds. The van der Waals surface area contributed by atoms with E-state index in [1.165, 1.54) is 5.56 Å². The molecule has 0 saturated carbocycles. The Balaban J connectivity index is 2.19. The predicted octanol–water partition coefficient (Wildman–Crippen LogP) is 5.05. The minimum absolute atomic E-state index is 0.446. The van der Waals surface area contributed by atoms with Gasteiger partial charge in [-0.2, -0.15) is 0 Å². The lowest BCUT2D eigenvalue weighted by atomic mass is 10.2. The van der Waals surface area contributed by atoms with Crippen LogP contribution in [0.15, 0.2) is 46.9 Å². The maximum absolute atomic E-state index is 5.99. The second kappa shape index (κ2) is 6.91. The third kappa shape index (κ3) is 4.36. The zero-order valence-corrected chi connectivity index (χ0v) is 13.7. The van der Waals surface area contributed by atoms with Crippen LogP contribution in [0.1, 0.15) is 25.0 Å². The highest BCUT2D eigenvalue weighted by molar-refractivity contribution is 9.10. The summed E-state index contributed by atoms with van der Waals surface area (Å²) in [6.07, 6.45) is 0. The molecule has 0 bridgehead atoms. The van der Waals surface area contributed by atoms with E-state index < -0.39 is 0 Å². The molecular formula is C17H20BrNO. The van der Waals surface area contributed by atoms with Crippen LogP contribution in [0.25, 0.3) is 0 Å². The second-order valence-corrected chi connectivity index (χ2v) is 6.12. The van der Waals surface area contributed by atoms with E-state index in [1.807, 2.05) is 24.3 Å². The van der Waals surface area contributed by atoms with Crippen molar-refractivity contribution in [3.63, 3.8) is 0 Å². The highest BCUT2D eigenvalue weighted by Crippen LogP contribution is 2.28. The molecule has 0 unspecified atom stereocenters. The molecule has 3 heteroatoms. The number of hydrogen-bond donors (Lipinski definition) is 1. The van der Waals surface area contributed by atoms with Crippen molar-refractivity contribution in [2.45, 2.75) is 33.4 Å². The van der Waals surface area contributed by atoms with E-state index in [0.717, 1.165) is 28.1 Å². The SMILES string of the molecule is Cc1ccc(Oc2ccc(Br)cc2CNC(C)C)cc1. The molecule has 1 N–H and O–H groups in total. The maximum Gasteiger partial charge on any atom is 0.131 e. The molecule has 20 heavy (non-hydrogen) atoms. The summed E-state index contributed by atoms with van der Waals surface area (Å²) in [4.78, 5) is 0. The summed E-state index contributed by atoms with van der Waals surface area (Å²) in [6, 6.07) is 14.7. The summed E-state index contributed by atoms with van der Waals surface area (Å²) in [5.74, 6) is 1.76. The highest BCUT2D eigenvalue weighted by atomic mass is 79.9. The number of hydrogen-bond acceptors (Lipinski definition) is 2. The van der Waals surface area contributed by atoms with E-state index in [4.69, 9.17) is 4.74 Å². The lowest BCUT2D eigenvalue weighted by Gasteiger charge is -2.14. The normalized spacial score (nSPS) is 10.8. The van der Waals surface area contributed by atoms with Crippen molar-refractivity contribution in [2.24, 2.45) is 0 Å². The van der Waals surface area contributed by atoms with Crippen LogP contribution in [-0.2, 0) is 6.54 Å². The van der Waals surface area contributed by atoms with Gasteiger partial charge in [0.05, 0.1) is 0 Å². The second-order valence-electron chi connectivity index (χ2n) is 5.20. The van der Waals surface area contributed by atoms with E-state index >= 15 is 0 Å². The van der Waals surface area contributed by atoms with E-state index in [-0.39, 0.29) is 0 Å². The van der Waals surface area contributed by atoms with Gasteiger partial charge in [-0.1, -0.05) is 47.5 Å². The maximum atomic E-state index is 5.99. The number of halogens is 1. The van der Waals surface area contributed by atoms with Crippen LogP contribution < -0.4 is 10.1 Å². The smallest absolute Gasteiger partial charge is 0.131 e. The Morgan fingerprint density at radius 3 is 2.45 bits per heavy atom. The fourth-order valence-electron chi connectivity index (χ4n) is 1.83. The molecule has 2 nitrogen and oxygen atoms in total. The van der Waals surface area contributed by atoms with Crippen LogP contribution in [-0.4, -0.2) is 6.04 Å². The van der Waals surface area contributed by atoms with Gasteiger partial charge in [-0.15, -0.1) is 0 Å². The van der Waals surface area contributed by atoms with Crippen molar-refractivity contribution in [2.75, 3.05) is 0 Å². The molecule has 2 rings (SSSR count). The van der Waals surface area contributed by atoms with E-state index in [0.29, 0.717) is 6.04 Å². The standard InChI is InChI=1S/C17H20BrNO/c1-12(2)19-11-14-10-15(18)6-9-17(14)20-16-7-4-13(3)5-8-16/h4-10,12,19H,11H2,1-3H3. The Morgan fingerprint density at radius 1 is 1.10 bits per heavy atom. The Kier molecular flexibility index (Phi) is 5.21. The largest absolute Gasteiger partial charge is 0.457 e. The topological polar surface area (TPSA) is 21.3 Å². The first-order valence-corrected chi connectivity index (χ1v) is 7.60. The number of aryl methyl sites for hydroxylation is 1. The predicted molar refractivity (Wildman–Crippen MR) is 87.4 cm³/mol. The summed E-state index contributed by atoms with van der Waals surface area (Å²) >= 11 is 3.51. The molecule has 0 saturated heterocycles. The van der Waals surface area contributed by atoms with Gasteiger partial charge < -0.3 is 10.1 Å². The molecule has 0 atom stereocenters. The first kappa shape index (κ1) is 15.1. The van der Waals surface area contributed by atoms with E-state index in [1.54, 1.807) is 0 Å². The van der Waals surface area contributed by atoms with Crippen molar-refractivity contribution in [3.8, 4) is 11.5 Å². The molecular weight excluding hydrogens is 314 g/mol. The molecule has 0 aliphatic rings. The first-order valence-electron chi connectivity index (χ1n) is 6.81. The molecule has 0 aliphatic heterocycles. The zero-order chi connectivity index (χ0) is 14.5. The number of rotatable bonds is 5. The number of benzene rings is 2. The summed E-state index contributed by atoms with van der Waals surface area (Å²) in [5.41, 5.74) is 2.38. The van der Waals surface area contributed by atoms with Crippen LogP contribution >= 0.6 is 15.9 Å². The molecule has 2 aromatic carbocycles. The van der Waals surface area contributed by atoms with Crippen LogP contribution in [0.4, 0.5) is 0 Å². The quantitative estimate of drug-likeness (QED) is 0.826. The monoisotopic (exact) mass is 333 g/mol. The Labute approximate surface area is 129 Å².